The zero-order chi connectivity index (χ0) is 10.8. The first-order valence-electron chi connectivity index (χ1n) is 4.66. The van der Waals surface area contributed by atoms with Crippen LogP contribution in [0, 0.1) is 6.92 Å². The molecule has 0 atom stereocenters. The summed E-state index contributed by atoms with van der Waals surface area (Å²) >= 11 is 0. The number of ether oxygens (including phenoxy) is 1. The molecule has 0 aromatic heterocycles. The van der Waals surface area contributed by atoms with E-state index in [1.165, 1.54) is 0 Å². The Morgan fingerprint density at radius 1 is 1.27 bits per heavy atom. The SMILES string of the molecule is Cc1ccccc1C=C1C(=O)COC1=O. The Morgan fingerprint density at radius 3 is 2.60 bits per heavy atom. The lowest BCUT2D eigenvalue weighted by Crippen LogP contribution is -2.00. The molecule has 2 rings (SSSR count). The fraction of sp³-hybridized carbons (Fsp3) is 0.167. The van der Waals surface area contributed by atoms with Crippen LogP contribution in [-0.4, -0.2) is 18.4 Å². The number of esters is 1. The van der Waals surface area contributed by atoms with E-state index >= 15 is 0 Å². The number of ketones is 1. The van der Waals surface area contributed by atoms with Gasteiger partial charge in [-0.3, -0.25) is 4.79 Å². The van der Waals surface area contributed by atoms with Crippen LogP contribution in [0.3, 0.4) is 0 Å². The van der Waals surface area contributed by atoms with E-state index in [0.717, 1.165) is 11.1 Å². The number of cyclic esters (lactones) is 1. The van der Waals surface area contributed by atoms with Gasteiger partial charge in [-0.05, 0) is 24.1 Å². The van der Waals surface area contributed by atoms with Crippen LogP contribution in [0.4, 0.5) is 0 Å². The minimum absolute atomic E-state index is 0.128. The van der Waals surface area contributed by atoms with E-state index < -0.39 is 5.97 Å². The molecule has 1 aliphatic heterocycles. The molecule has 3 nitrogen and oxygen atoms in total. The van der Waals surface area contributed by atoms with Crippen molar-refractivity contribution in [3.05, 3.63) is 41.0 Å². The predicted molar refractivity (Wildman–Crippen MR) is 55.1 cm³/mol. The third-order valence-electron chi connectivity index (χ3n) is 2.34. The maximum atomic E-state index is 11.3. The second-order valence-corrected chi connectivity index (χ2v) is 3.41. The summed E-state index contributed by atoms with van der Waals surface area (Å²) in [5.41, 5.74) is 2.04. The van der Waals surface area contributed by atoms with Crippen molar-refractivity contribution >= 4 is 17.8 Å². The highest BCUT2D eigenvalue weighted by Crippen LogP contribution is 2.16. The highest BCUT2D eigenvalue weighted by atomic mass is 16.5. The second kappa shape index (κ2) is 3.69. The van der Waals surface area contributed by atoms with E-state index in [0.29, 0.717) is 0 Å². The van der Waals surface area contributed by atoms with Gasteiger partial charge in [0.15, 0.2) is 6.61 Å². The highest BCUT2D eigenvalue weighted by molar-refractivity contribution is 6.24. The molecule has 1 heterocycles. The maximum Gasteiger partial charge on any atom is 0.342 e. The number of aryl methyl sites for hydroxylation is 1. The zero-order valence-corrected chi connectivity index (χ0v) is 8.32. The van der Waals surface area contributed by atoms with Crippen molar-refractivity contribution in [2.45, 2.75) is 6.92 Å². The van der Waals surface area contributed by atoms with Crippen LogP contribution < -0.4 is 0 Å². The van der Waals surface area contributed by atoms with E-state index in [9.17, 15) is 9.59 Å². The summed E-state index contributed by atoms with van der Waals surface area (Å²) in [7, 11) is 0. The smallest absolute Gasteiger partial charge is 0.342 e. The van der Waals surface area contributed by atoms with Gasteiger partial charge >= 0.3 is 5.97 Å². The first kappa shape index (κ1) is 9.65. The number of hydrogen-bond donors (Lipinski definition) is 0. The van der Waals surface area contributed by atoms with Gasteiger partial charge in [0, 0.05) is 0 Å². The molecule has 0 amide bonds. The number of hydrogen-bond acceptors (Lipinski definition) is 3. The molecule has 1 aliphatic rings. The lowest BCUT2D eigenvalue weighted by atomic mass is 10.0. The predicted octanol–water partition coefficient (Wildman–Crippen LogP) is 1.50. The first-order valence-corrected chi connectivity index (χ1v) is 4.66. The Bertz CT molecular complexity index is 440. The summed E-state index contributed by atoms with van der Waals surface area (Å²) in [5.74, 6) is -0.772. The van der Waals surface area contributed by atoms with E-state index in [1.54, 1.807) is 6.08 Å². The standard InChI is InChI=1S/C12H10O3/c1-8-4-2-3-5-9(8)6-10-11(13)7-15-12(10)14/h2-6H,7H2,1H3. The van der Waals surface area contributed by atoms with Crippen LogP contribution in [0.5, 0.6) is 0 Å². The third-order valence-corrected chi connectivity index (χ3v) is 2.34. The molecule has 1 saturated heterocycles. The molecule has 1 aromatic carbocycles. The number of carbonyl (C=O) groups is 2. The average molecular weight is 202 g/mol. The molecule has 0 radical (unpaired) electrons. The third kappa shape index (κ3) is 1.81. The van der Waals surface area contributed by atoms with Crippen LogP contribution >= 0.6 is 0 Å². The van der Waals surface area contributed by atoms with Gasteiger partial charge in [-0.2, -0.15) is 0 Å². The van der Waals surface area contributed by atoms with Crippen LogP contribution in [0.25, 0.3) is 6.08 Å². The molecular formula is C12H10O3. The van der Waals surface area contributed by atoms with Gasteiger partial charge in [0.05, 0.1) is 0 Å². The van der Waals surface area contributed by atoms with Gasteiger partial charge in [0.2, 0.25) is 5.78 Å². The minimum atomic E-state index is -0.525. The van der Waals surface area contributed by atoms with E-state index in [-0.39, 0.29) is 18.0 Å². The van der Waals surface area contributed by atoms with Gasteiger partial charge < -0.3 is 4.74 Å². The Morgan fingerprint density at radius 2 is 2.00 bits per heavy atom. The molecule has 0 N–H and O–H groups in total. The number of Topliss-reactive ketones (excluding diaryl/α,β-unsaturated/α-hetero) is 1. The Hall–Kier alpha value is -1.90. The summed E-state index contributed by atoms with van der Waals surface area (Å²) in [6.07, 6.45) is 1.59. The van der Waals surface area contributed by atoms with Crippen molar-refractivity contribution in [3.8, 4) is 0 Å². The van der Waals surface area contributed by atoms with Crippen molar-refractivity contribution in [1.82, 2.24) is 0 Å². The molecule has 76 valence electrons. The molecule has 15 heavy (non-hydrogen) atoms. The molecular weight excluding hydrogens is 192 g/mol. The lowest BCUT2D eigenvalue weighted by Gasteiger charge is -1.98. The quantitative estimate of drug-likeness (QED) is 0.394. The van der Waals surface area contributed by atoms with E-state index in [1.807, 2.05) is 31.2 Å². The van der Waals surface area contributed by atoms with Gasteiger partial charge in [-0.25, -0.2) is 4.79 Å². The van der Waals surface area contributed by atoms with Crippen molar-refractivity contribution < 1.29 is 14.3 Å². The first-order chi connectivity index (χ1) is 7.18. The Balaban J connectivity index is 2.42. The fourth-order valence-electron chi connectivity index (χ4n) is 1.44. The molecule has 3 heteroatoms. The van der Waals surface area contributed by atoms with E-state index in [2.05, 4.69) is 4.74 Å². The van der Waals surface area contributed by atoms with Crippen LogP contribution in [-0.2, 0) is 14.3 Å². The van der Waals surface area contributed by atoms with E-state index in [4.69, 9.17) is 0 Å². The van der Waals surface area contributed by atoms with Gasteiger partial charge in [-0.15, -0.1) is 0 Å². The molecule has 0 spiro atoms. The number of carbonyl (C=O) groups excluding carboxylic acids is 2. The average Bonchev–Trinajstić information content (AvgIpc) is 2.53. The topological polar surface area (TPSA) is 43.4 Å². The molecule has 0 unspecified atom stereocenters. The number of benzene rings is 1. The lowest BCUT2D eigenvalue weighted by molar-refractivity contribution is -0.135. The molecule has 1 fully saturated rings. The van der Waals surface area contributed by atoms with Crippen LogP contribution in [0.15, 0.2) is 29.8 Å². The normalized spacial score (nSPS) is 18.3. The van der Waals surface area contributed by atoms with Gasteiger partial charge in [0.1, 0.15) is 5.57 Å². The second-order valence-electron chi connectivity index (χ2n) is 3.41. The van der Waals surface area contributed by atoms with Crippen LogP contribution in [0.1, 0.15) is 11.1 Å². The maximum absolute atomic E-state index is 11.3. The molecule has 0 bridgehead atoms. The largest absolute Gasteiger partial charge is 0.454 e. The summed E-state index contributed by atoms with van der Waals surface area (Å²) < 4.78 is 4.63. The van der Waals surface area contributed by atoms with Crippen molar-refractivity contribution in [2.24, 2.45) is 0 Å². The van der Waals surface area contributed by atoms with Gasteiger partial charge in [0.25, 0.3) is 0 Å². The summed E-state index contributed by atoms with van der Waals surface area (Å²) in [4.78, 5) is 22.5. The molecule has 1 aromatic rings. The van der Waals surface area contributed by atoms with Gasteiger partial charge in [-0.1, -0.05) is 24.3 Å². The number of rotatable bonds is 1. The molecule has 0 aliphatic carbocycles. The Kier molecular flexibility index (Phi) is 2.37. The fourth-order valence-corrected chi connectivity index (χ4v) is 1.44. The van der Waals surface area contributed by atoms with Crippen molar-refractivity contribution in [3.63, 3.8) is 0 Å². The Labute approximate surface area is 87.4 Å². The highest BCUT2D eigenvalue weighted by Gasteiger charge is 2.27. The summed E-state index contributed by atoms with van der Waals surface area (Å²) in [6, 6.07) is 7.56. The van der Waals surface area contributed by atoms with Crippen LogP contribution in [0.2, 0.25) is 0 Å². The van der Waals surface area contributed by atoms with Crippen molar-refractivity contribution in [1.29, 1.82) is 0 Å². The molecule has 0 saturated carbocycles. The monoisotopic (exact) mass is 202 g/mol. The summed E-state index contributed by atoms with van der Waals surface area (Å²) in [5, 5.41) is 0. The minimum Gasteiger partial charge on any atom is -0.454 e. The summed E-state index contributed by atoms with van der Waals surface area (Å²) in [6.45, 7) is 1.80. The van der Waals surface area contributed by atoms with Crippen molar-refractivity contribution in [2.75, 3.05) is 6.61 Å². The zero-order valence-electron chi connectivity index (χ0n) is 8.32.